The number of nitrogens with zero attached hydrogens (tertiary/aromatic N) is 1. The highest BCUT2D eigenvalue weighted by molar-refractivity contribution is 5.97. The van der Waals surface area contributed by atoms with Crippen molar-refractivity contribution >= 4 is 11.8 Å². The summed E-state index contributed by atoms with van der Waals surface area (Å²) in [6.07, 6.45) is 0.843. The fourth-order valence-electron chi connectivity index (χ4n) is 2.56. The number of benzene rings is 1. The summed E-state index contributed by atoms with van der Waals surface area (Å²) in [5, 5.41) is 12.1. The Labute approximate surface area is 137 Å². The van der Waals surface area contributed by atoms with E-state index >= 15 is 0 Å². The zero-order valence-corrected chi connectivity index (χ0v) is 14.1. The molecule has 5 heteroatoms. The van der Waals surface area contributed by atoms with Crippen molar-refractivity contribution in [1.29, 1.82) is 0 Å². The van der Waals surface area contributed by atoms with Gasteiger partial charge in [0.1, 0.15) is 0 Å². The van der Waals surface area contributed by atoms with Crippen molar-refractivity contribution in [2.45, 2.75) is 27.2 Å². The molecule has 126 valence electrons. The van der Waals surface area contributed by atoms with E-state index in [2.05, 4.69) is 26.1 Å². The number of hydrogen-bond acceptors (Lipinski definition) is 3. The molecule has 1 aromatic carbocycles. The molecular formula is C18H26N2O3. The number of aliphatic hydroxyl groups is 1. The van der Waals surface area contributed by atoms with Crippen LogP contribution in [0, 0.1) is 11.3 Å². The molecular weight excluding hydrogens is 292 g/mol. The minimum Gasteiger partial charge on any atom is -0.396 e. The predicted octanol–water partition coefficient (Wildman–Crippen LogP) is 1.92. The molecule has 0 saturated carbocycles. The third-order valence-corrected chi connectivity index (χ3v) is 4.00. The van der Waals surface area contributed by atoms with Crippen LogP contribution in [0.1, 0.15) is 47.9 Å². The second kappa shape index (κ2) is 7.13. The molecule has 0 radical (unpaired) electrons. The van der Waals surface area contributed by atoms with Crippen molar-refractivity contribution < 1.29 is 14.7 Å². The number of amides is 2. The van der Waals surface area contributed by atoms with Crippen LogP contribution in [0.25, 0.3) is 0 Å². The van der Waals surface area contributed by atoms with Crippen LogP contribution in [0.5, 0.6) is 0 Å². The topological polar surface area (TPSA) is 69.6 Å². The SMILES string of the molecule is CC(C)(C)CNC(=O)c1ccc(C(=O)N2CCC(CO)C2)cc1. The Kier molecular flexibility index (Phi) is 5.42. The maximum Gasteiger partial charge on any atom is 0.253 e. The number of likely N-dealkylation sites (tertiary alicyclic amines) is 1. The molecule has 23 heavy (non-hydrogen) atoms. The quantitative estimate of drug-likeness (QED) is 0.891. The Bertz CT molecular complexity index is 561. The van der Waals surface area contributed by atoms with Crippen molar-refractivity contribution in [3.05, 3.63) is 35.4 Å². The highest BCUT2D eigenvalue weighted by atomic mass is 16.3. The van der Waals surface area contributed by atoms with E-state index in [0.29, 0.717) is 30.8 Å². The second-order valence-corrected chi connectivity index (χ2v) is 7.41. The standard InChI is InChI=1S/C18H26N2O3/c1-18(2,3)12-19-16(22)14-4-6-15(7-5-14)17(23)20-9-8-13(10-20)11-21/h4-7,13,21H,8-12H2,1-3H3,(H,19,22). The van der Waals surface area contributed by atoms with Crippen molar-refractivity contribution in [2.24, 2.45) is 11.3 Å². The third-order valence-electron chi connectivity index (χ3n) is 4.00. The number of nitrogens with one attached hydrogen (secondary N) is 1. The summed E-state index contributed by atoms with van der Waals surface area (Å²) in [6.45, 7) is 8.18. The van der Waals surface area contributed by atoms with E-state index in [1.807, 2.05) is 0 Å². The van der Waals surface area contributed by atoms with Gasteiger partial charge in [-0.05, 0) is 36.1 Å². The first-order chi connectivity index (χ1) is 10.8. The minimum absolute atomic E-state index is 0.0323. The smallest absolute Gasteiger partial charge is 0.253 e. The molecule has 1 aliphatic rings. The molecule has 1 aliphatic heterocycles. The van der Waals surface area contributed by atoms with Gasteiger partial charge in [0.25, 0.3) is 11.8 Å². The number of hydrogen-bond donors (Lipinski definition) is 2. The summed E-state index contributed by atoms with van der Waals surface area (Å²) < 4.78 is 0. The van der Waals surface area contributed by atoms with E-state index in [1.165, 1.54) is 0 Å². The van der Waals surface area contributed by atoms with Crippen molar-refractivity contribution in [2.75, 3.05) is 26.2 Å². The largest absolute Gasteiger partial charge is 0.396 e. The highest BCUT2D eigenvalue weighted by Gasteiger charge is 2.26. The number of carbonyl (C=O) groups is 2. The Morgan fingerprint density at radius 1 is 1.22 bits per heavy atom. The maximum absolute atomic E-state index is 12.4. The lowest BCUT2D eigenvalue weighted by Gasteiger charge is -2.19. The first-order valence-electron chi connectivity index (χ1n) is 8.08. The Morgan fingerprint density at radius 3 is 2.35 bits per heavy atom. The van der Waals surface area contributed by atoms with Crippen LogP contribution in [-0.2, 0) is 0 Å². The molecule has 1 unspecified atom stereocenters. The van der Waals surface area contributed by atoms with Gasteiger partial charge in [-0.2, -0.15) is 0 Å². The van der Waals surface area contributed by atoms with Gasteiger partial charge in [-0.15, -0.1) is 0 Å². The normalized spacial score (nSPS) is 18.1. The van der Waals surface area contributed by atoms with Crippen LogP contribution in [-0.4, -0.2) is 48.1 Å². The first-order valence-corrected chi connectivity index (χ1v) is 8.08. The highest BCUT2D eigenvalue weighted by Crippen LogP contribution is 2.18. The zero-order valence-electron chi connectivity index (χ0n) is 14.1. The zero-order chi connectivity index (χ0) is 17.0. The molecule has 0 spiro atoms. The summed E-state index contributed by atoms with van der Waals surface area (Å²) in [4.78, 5) is 26.2. The summed E-state index contributed by atoms with van der Waals surface area (Å²) in [5.74, 6) is 0.0180. The fourth-order valence-corrected chi connectivity index (χ4v) is 2.56. The van der Waals surface area contributed by atoms with Crippen LogP contribution < -0.4 is 5.32 Å². The summed E-state index contributed by atoms with van der Waals surface area (Å²) in [5.41, 5.74) is 1.17. The summed E-state index contributed by atoms with van der Waals surface area (Å²) in [6, 6.07) is 6.76. The summed E-state index contributed by atoms with van der Waals surface area (Å²) in [7, 11) is 0. The average Bonchev–Trinajstić information content (AvgIpc) is 3.00. The van der Waals surface area contributed by atoms with Gasteiger partial charge < -0.3 is 15.3 Å². The van der Waals surface area contributed by atoms with Gasteiger partial charge in [0.2, 0.25) is 0 Å². The monoisotopic (exact) mass is 318 g/mol. The first kappa shape index (κ1) is 17.5. The van der Waals surface area contributed by atoms with Gasteiger partial charge in [0.15, 0.2) is 0 Å². The molecule has 2 amide bonds. The molecule has 5 nitrogen and oxygen atoms in total. The lowest BCUT2D eigenvalue weighted by Crippen LogP contribution is -2.32. The van der Waals surface area contributed by atoms with Gasteiger partial charge in [-0.25, -0.2) is 0 Å². The van der Waals surface area contributed by atoms with Gasteiger partial charge in [0, 0.05) is 43.3 Å². The van der Waals surface area contributed by atoms with Crippen LogP contribution in [0.2, 0.25) is 0 Å². The molecule has 1 heterocycles. The van der Waals surface area contributed by atoms with Gasteiger partial charge in [0.05, 0.1) is 0 Å². The number of carbonyl (C=O) groups excluding carboxylic acids is 2. The second-order valence-electron chi connectivity index (χ2n) is 7.41. The molecule has 0 aromatic heterocycles. The third kappa shape index (κ3) is 4.79. The van der Waals surface area contributed by atoms with Gasteiger partial charge in [-0.3, -0.25) is 9.59 Å². The molecule has 0 aliphatic carbocycles. The molecule has 1 saturated heterocycles. The van der Waals surface area contributed by atoms with E-state index in [-0.39, 0.29) is 29.8 Å². The van der Waals surface area contributed by atoms with E-state index < -0.39 is 0 Å². The van der Waals surface area contributed by atoms with E-state index in [0.717, 1.165) is 6.42 Å². The Balaban J connectivity index is 1.96. The average molecular weight is 318 g/mol. The van der Waals surface area contributed by atoms with E-state index in [9.17, 15) is 9.59 Å². The molecule has 2 N–H and O–H groups in total. The molecule has 1 fully saturated rings. The van der Waals surface area contributed by atoms with Crippen LogP contribution >= 0.6 is 0 Å². The summed E-state index contributed by atoms with van der Waals surface area (Å²) >= 11 is 0. The molecule has 1 atom stereocenters. The van der Waals surface area contributed by atoms with Crippen molar-refractivity contribution in [1.82, 2.24) is 10.2 Å². The lowest BCUT2D eigenvalue weighted by molar-refractivity contribution is 0.0781. The van der Waals surface area contributed by atoms with Crippen LogP contribution in [0.4, 0.5) is 0 Å². The predicted molar refractivity (Wildman–Crippen MR) is 89.3 cm³/mol. The Morgan fingerprint density at radius 2 is 1.83 bits per heavy atom. The van der Waals surface area contributed by atoms with Crippen LogP contribution in [0.3, 0.4) is 0 Å². The van der Waals surface area contributed by atoms with E-state index in [4.69, 9.17) is 5.11 Å². The molecule has 2 rings (SSSR count). The lowest BCUT2D eigenvalue weighted by atomic mass is 9.97. The Hall–Kier alpha value is -1.88. The van der Waals surface area contributed by atoms with E-state index in [1.54, 1.807) is 29.2 Å². The molecule has 1 aromatic rings. The number of rotatable bonds is 4. The van der Waals surface area contributed by atoms with Crippen LogP contribution in [0.15, 0.2) is 24.3 Å². The molecule has 0 bridgehead atoms. The van der Waals surface area contributed by atoms with Gasteiger partial charge in [-0.1, -0.05) is 20.8 Å². The maximum atomic E-state index is 12.4. The fraction of sp³-hybridized carbons (Fsp3) is 0.556. The minimum atomic E-state index is -0.125. The van der Waals surface area contributed by atoms with Gasteiger partial charge >= 0.3 is 0 Å². The van der Waals surface area contributed by atoms with Crippen molar-refractivity contribution in [3.63, 3.8) is 0 Å². The van der Waals surface area contributed by atoms with Crippen molar-refractivity contribution in [3.8, 4) is 0 Å². The number of aliphatic hydroxyl groups excluding tert-OH is 1.